The van der Waals surface area contributed by atoms with Crippen molar-refractivity contribution >= 4 is 17.5 Å². The lowest BCUT2D eigenvalue weighted by Crippen LogP contribution is -2.28. The number of anilines is 2. The summed E-state index contributed by atoms with van der Waals surface area (Å²) >= 11 is 0. The van der Waals surface area contributed by atoms with E-state index in [0.29, 0.717) is 6.04 Å². The van der Waals surface area contributed by atoms with E-state index in [-0.39, 0.29) is 0 Å². The monoisotopic (exact) mass is 318 g/mol. The molecule has 1 amide bonds. The Balaban J connectivity index is 1.85. The minimum absolute atomic E-state index is 0.422. The number of rotatable bonds is 4. The maximum absolute atomic E-state index is 11.7. The van der Waals surface area contributed by atoms with Crippen molar-refractivity contribution < 1.29 is 9.53 Å². The lowest BCUT2D eigenvalue weighted by molar-refractivity contribution is 0.0636. The fraction of sp³-hybridized carbons (Fsp3) is 0.632. The van der Waals surface area contributed by atoms with E-state index in [1.54, 1.807) is 0 Å². The molecule has 2 rings (SSSR count). The summed E-state index contributed by atoms with van der Waals surface area (Å²) in [5, 5.41) is 6.34. The summed E-state index contributed by atoms with van der Waals surface area (Å²) in [6, 6.07) is 8.30. The number of hydrogen-bond acceptors (Lipinski definition) is 3. The number of ether oxygens (including phenoxy) is 1. The Kier molecular flexibility index (Phi) is 5.91. The summed E-state index contributed by atoms with van der Waals surface area (Å²) in [4.78, 5) is 11.7. The fourth-order valence-electron chi connectivity index (χ4n) is 3.09. The summed E-state index contributed by atoms with van der Waals surface area (Å²) in [5.41, 5.74) is 1.36. The molecule has 0 aromatic heterocycles. The zero-order valence-corrected chi connectivity index (χ0v) is 14.8. The Bertz CT molecular complexity index is 499. The van der Waals surface area contributed by atoms with Gasteiger partial charge in [0.2, 0.25) is 0 Å². The van der Waals surface area contributed by atoms with E-state index >= 15 is 0 Å². The van der Waals surface area contributed by atoms with Gasteiger partial charge in [0.05, 0.1) is 0 Å². The second kappa shape index (κ2) is 7.71. The summed E-state index contributed by atoms with van der Waals surface area (Å²) in [6.45, 7) is 7.83. The van der Waals surface area contributed by atoms with Crippen LogP contribution >= 0.6 is 0 Å². The molecular formula is C19H30N2O2. The molecule has 1 aliphatic carbocycles. The molecule has 1 atom stereocenters. The summed E-state index contributed by atoms with van der Waals surface area (Å²) in [7, 11) is 0. The number of nitrogens with one attached hydrogen (secondary N) is 2. The number of hydrogen-bond donors (Lipinski definition) is 2. The molecule has 0 heterocycles. The first-order valence-corrected chi connectivity index (χ1v) is 8.70. The van der Waals surface area contributed by atoms with Gasteiger partial charge in [0, 0.05) is 17.4 Å². The van der Waals surface area contributed by atoms with E-state index in [9.17, 15) is 4.79 Å². The van der Waals surface area contributed by atoms with Crippen molar-refractivity contribution in [3.05, 3.63) is 24.3 Å². The van der Waals surface area contributed by atoms with Gasteiger partial charge in [-0.05, 0) is 70.7 Å². The lowest BCUT2D eigenvalue weighted by atomic mass is 9.84. The van der Waals surface area contributed by atoms with Crippen molar-refractivity contribution in [2.24, 2.45) is 5.92 Å². The highest BCUT2D eigenvalue weighted by molar-refractivity contribution is 5.85. The van der Waals surface area contributed by atoms with E-state index in [1.807, 2.05) is 45.0 Å². The van der Waals surface area contributed by atoms with Gasteiger partial charge in [-0.1, -0.05) is 19.3 Å². The average molecular weight is 318 g/mol. The van der Waals surface area contributed by atoms with Gasteiger partial charge in [-0.25, -0.2) is 4.79 Å². The Morgan fingerprint density at radius 1 is 1.09 bits per heavy atom. The standard InChI is InChI=1S/C19H30N2O2/c1-14(15-8-6-5-7-9-15)20-16-10-12-17(13-11-16)21-18(22)23-19(2,3)4/h10-15,20H,5-9H2,1-4H3,(H,21,22). The zero-order chi connectivity index (χ0) is 16.9. The number of carbonyl (C=O) groups excluding carboxylic acids is 1. The van der Waals surface area contributed by atoms with E-state index in [2.05, 4.69) is 17.6 Å². The molecule has 1 aromatic carbocycles. The average Bonchev–Trinajstić information content (AvgIpc) is 2.48. The van der Waals surface area contributed by atoms with Gasteiger partial charge in [-0.2, -0.15) is 0 Å². The van der Waals surface area contributed by atoms with Crippen LogP contribution < -0.4 is 10.6 Å². The molecule has 1 fully saturated rings. The fourth-order valence-corrected chi connectivity index (χ4v) is 3.09. The maximum atomic E-state index is 11.7. The molecule has 4 heteroatoms. The van der Waals surface area contributed by atoms with E-state index in [4.69, 9.17) is 4.74 Å². The first kappa shape index (κ1) is 17.6. The van der Waals surface area contributed by atoms with Crippen LogP contribution in [-0.2, 0) is 4.74 Å². The predicted molar refractivity (Wildman–Crippen MR) is 96.0 cm³/mol. The van der Waals surface area contributed by atoms with Gasteiger partial charge < -0.3 is 10.1 Å². The second-order valence-corrected chi connectivity index (χ2v) is 7.54. The van der Waals surface area contributed by atoms with Crippen LogP contribution in [0.5, 0.6) is 0 Å². The quantitative estimate of drug-likeness (QED) is 0.780. The van der Waals surface area contributed by atoms with Crippen molar-refractivity contribution in [3.8, 4) is 0 Å². The maximum Gasteiger partial charge on any atom is 0.412 e. The Morgan fingerprint density at radius 3 is 2.22 bits per heavy atom. The molecule has 128 valence electrons. The van der Waals surface area contributed by atoms with Crippen molar-refractivity contribution in [2.45, 2.75) is 71.4 Å². The topological polar surface area (TPSA) is 50.4 Å². The predicted octanol–water partition coefficient (Wildman–Crippen LogP) is 5.41. The van der Waals surface area contributed by atoms with Crippen molar-refractivity contribution in [1.82, 2.24) is 0 Å². The van der Waals surface area contributed by atoms with Crippen LogP contribution in [0.3, 0.4) is 0 Å². The largest absolute Gasteiger partial charge is 0.444 e. The van der Waals surface area contributed by atoms with Crippen LogP contribution in [0, 0.1) is 5.92 Å². The normalized spacial score (nSPS) is 17.4. The first-order chi connectivity index (χ1) is 10.8. The Hall–Kier alpha value is -1.71. The number of benzene rings is 1. The van der Waals surface area contributed by atoms with Crippen molar-refractivity contribution in [3.63, 3.8) is 0 Å². The molecule has 0 spiro atoms. The molecule has 4 nitrogen and oxygen atoms in total. The SMILES string of the molecule is CC(Nc1ccc(NC(=O)OC(C)(C)C)cc1)C1CCCCC1. The minimum Gasteiger partial charge on any atom is -0.444 e. The molecule has 23 heavy (non-hydrogen) atoms. The third-order valence-corrected chi connectivity index (χ3v) is 4.28. The molecule has 0 bridgehead atoms. The molecular weight excluding hydrogens is 288 g/mol. The number of amides is 1. The van der Waals surface area contributed by atoms with E-state index in [1.165, 1.54) is 32.1 Å². The highest BCUT2D eigenvalue weighted by Gasteiger charge is 2.20. The van der Waals surface area contributed by atoms with Crippen LogP contribution in [0.25, 0.3) is 0 Å². The molecule has 0 aliphatic heterocycles. The summed E-state index contributed by atoms with van der Waals surface area (Å²) in [6.07, 6.45) is 6.33. The zero-order valence-electron chi connectivity index (χ0n) is 14.8. The lowest BCUT2D eigenvalue weighted by Gasteiger charge is -2.29. The highest BCUT2D eigenvalue weighted by Crippen LogP contribution is 2.28. The van der Waals surface area contributed by atoms with Crippen LogP contribution in [0.2, 0.25) is 0 Å². The molecule has 2 N–H and O–H groups in total. The van der Waals surface area contributed by atoms with E-state index < -0.39 is 11.7 Å². The summed E-state index contributed by atoms with van der Waals surface area (Å²) < 4.78 is 5.25. The summed E-state index contributed by atoms with van der Waals surface area (Å²) in [5.74, 6) is 0.767. The molecule has 1 unspecified atom stereocenters. The second-order valence-electron chi connectivity index (χ2n) is 7.54. The van der Waals surface area contributed by atoms with E-state index in [0.717, 1.165) is 17.3 Å². The van der Waals surface area contributed by atoms with Gasteiger partial charge >= 0.3 is 6.09 Å². The number of carbonyl (C=O) groups is 1. The molecule has 1 saturated carbocycles. The van der Waals surface area contributed by atoms with Gasteiger partial charge in [-0.3, -0.25) is 5.32 Å². The third kappa shape index (κ3) is 6.12. The van der Waals surface area contributed by atoms with Crippen LogP contribution in [0.15, 0.2) is 24.3 Å². The van der Waals surface area contributed by atoms with Crippen molar-refractivity contribution in [1.29, 1.82) is 0 Å². The van der Waals surface area contributed by atoms with Crippen LogP contribution in [0.4, 0.5) is 16.2 Å². The molecule has 1 aliphatic rings. The molecule has 0 saturated heterocycles. The molecule has 0 radical (unpaired) electrons. The first-order valence-electron chi connectivity index (χ1n) is 8.70. The smallest absolute Gasteiger partial charge is 0.412 e. The van der Waals surface area contributed by atoms with Crippen LogP contribution in [0.1, 0.15) is 59.8 Å². The van der Waals surface area contributed by atoms with Gasteiger partial charge in [0.25, 0.3) is 0 Å². The Labute approximate surface area is 140 Å². The van der Waals surface area contributed by atoms with Crippen LogP contribution in [-0.4, -0.2) is 17.7 Å². The highest BCUT2D eigenvalue weighted by atomic mass is 16.6. The van der Waals surface area contributed by atoms with Crippen molar-refractivity contribution in [2.75, 3.05) is 10.6 Å². The van der Waals surface area contributed by atoms with Gasteiger partial charge in [0.15, 0.2) is 0 Å². The third-order valence-electron chi connectivity index (χ3n) is 4.28. The van der Waals surface area contributed by atoms with Gasteiger partial charge in [0.1, 0.15) is 5.60 Å². The van der Waals surface area contributed by atoms with Gasteiger partial charge in [-0.15, -0.1) is 0 Å². The Morgan fingerprint density at radius 2 is 1.65 bits per heavy atom. The minimum atomic E-state index is -0.485. The molecule has 1 aromatic rings.